The average molecular weight is 281 g/mol. The van der Waals surface area contributed by atoms with Crippen molar-refractivity contribution in [3.8, 4) is 6.07 Å². The van der Waals surface area contributed by atoms with E-state index in [1.165, 1.54) is 30.3 Å². The van der Waals surface area contributed by atoms with Crippen LogP contribution in [-0.4, -0.2) is 29.0 Å². The van der Waals surface area contributed by atoms with Gasteiger partial charge in [0.05, 0.1) is 17.2 Å². The first kappa shape index (κ1) is 14.2. The van der Waals surface area contributed by atoms with Gasteiger partial charge in [0.25, 0.3) is 5.91 Å². The standard InChI is InChI=1S/C15H11N3O3/c1-18(11-5-2-4-10(8-11)9-16)14(19)13-12(15(20)21)6-3-7-17-13/h2-8H,1H3,(H,20,21). The van der Waals surface area contributed by atoms with E-state index < -0.39 is 11.9 Å². The molecule has 1 heterocycles. The first-order valence-corrected chi connectivity index (χ1v) is 6.01. The molecule has 0 aliphatic rings. The number of anilines is 1. The third-order valence-electron chi connectivity index (χ3n) is 2.91. The van der Waals surface area contributed by atoms with E-state index in [-0.39, 0.29) is 11.3 Å². The molecule has 1 amide bonds. The Morgan fingerprint density at radius 3 is 2.71 bits per heavy atom. The maximum absolute atomic E-state index is 12.4. The van der Waals surface area contributed by atoms with Gasteiger partial charge in [-0.1, -0.05) is 6.07 Å². The second-order valence-electron chi connectivity index (χ2n) is 4.23. The maximum Gasteiger partial charge on any atom is 0.338 e. The smallest absolute Gasteiger partial charge is 0.338 e. The fourth-order valence-electron chi connectivity index (χ4n) is 1.81. The van der Waals surface area contributed by atoms with Crippen molar-refractivity contribution >= 4 is 17.6 Å². The topological polar surface area (TPSA) is 94.3 Å². The summed E-state index contributed by atoms with van der Waals surface area (Å²) in [5.41, 5.74) is 0.591. The van der Waals surface area contributed by atoms with E-state index in [2.05, 4.69) is 4.98 Å². The summed E-state index contributed by atoms with van der Waals surface area (Å²) >= 11 is 0. The lowest BCUT2D eigenvalue weighted by Gasteiger charge is -2.17. The highest BCUT2D eigenvalue weighted by molar-refractivity contribution is 6.10. The zero-order valence-corrected chi connectivity index (χ0v) is 11.1. The lowest BCUT2D eigenvalue weighted by atomic mass is 10.1. The van der Waals surface area contributed by atoms with Crippen LogP contribution in [0.4, 0.5) is 5.69 Å². The van der Waals surface area contributed by atoms with Crippen LogP contribution in [0.2, 0.25) is 0 Å². The Kier molecular flexibility index (Phi) is 3.95. The molecule has 0 atom stereocenters. The van der Waals surface area contributed by atoms with Gasteiger partial charge in [-0.05, 0) is 30.3 Å². The van der Waals surface area contributed by atoms with Gasteiger partial charge in [0, 0.05) is 18.9 Å². The summed E-state index contributed by atoms with van der Waals surface area (Å²) in [5.74, 6) is -1.77. The van der Waals surface area contributed by atoms with Crippen molar-refractivity contribution in [1.29, 1.82) is 5.26 Å². The quantitative estimate of drug-likeness (QED) is 0.927. The molecule has 1 aromatic carbocycles. The van der Waals surface area contributed by atoms with E-state index >= 15 is 0 Å². The molecule has 0 saturated carbocycles. The van der Waals surface area contributed by atoms with Gasteiger partial charge in [0.15, 0.2) is 0 Å². The van der Waals surface area contributed by atoms with Crippen LogP contribution in [-0.2, 0) is 0 Å². The van der Waals surface area contributed by atoms with Gasteiger partial charge >= 0.3 is 5.97 Å². The largest absolute Gasteiger partial charge is 0.478 e. The number of carboxylic acid groups (broad SMARTS) is 1. The number of hydrogen-bond donors (Lipinski definition) is 1. The summed E-state index contributed by atoms with van der Waals surface area (Å²) in [7, 11) is 1.50. The van der Waals surface area contributed by atoms with Crippen molar-refractivity contribution in [2.24, 2.45) is 0 Å². The van der Waals surface area contributed by atoms with E-state index in [0.717, 1.165) is 0 Å². The molecule has 6 heteroatoms. The van der Waals surface area contributed by atoms with Gasteiger partial charge < -0.3 is 10.0 Å². The minimum absolute atomic E-state index is 0.144. The molecule has 0 saturated heterocycles. The van der Waals surface area contributed by atoms with Gasteiger partial charge in [-0.15, -0.1) is 0 Å². The number of nitriles is 1. The molecule has 0 bridgehead atoms. The van der Waals surface area contributed by atoms with Gasteiger partial charge in [-0.25, -0.2) is 4.79 Å². The first-order chi connectivity index (χ1) is 10.0. The summed E-state index contributed by atoms with van der Waals surface area (Å²) in [5, 5.41) is 18.0. The fraction of sp³-hybridized carbons (Fsp3) is 0.0667. The van der Waals surface area contributed by atoms with Crippen LogP contribution in [0.15, 0.2) is 42.6 Å². The molecular formula is C15H11N3O3. The van der Waals surface area contributed by atoms with Gasteiger partial charge in [0.1, 0.15) is 5.69 Å². The minimum Gasteiger partial charge on any atom is -0.478 e. The minimum atomic E-state index is -1.22. The van der Waals surface area contributed by atoms with E-state index in [0.29, 0.717) is 11.3 Å². The van der Waals surface area contributed by atoms with E-state index in [1.54, 1.807) is 24.3 Å². The highest BCUT2D eigenvalue weighted by Gasteiger charge is 2.21. The monoisotopic (exact) mass is 281 g/mol. The molecule has 2 aromatic rings. The van der Waals surface area contributed by atoms with Crippen molar-refractivity contribution < 1.29 is 14.7 Å². The summed E-state index contributed by atoms with van der Waals surface area (Å²) < 4.78 is 0. The maximum atomic E-state index is 12.4. The van der Waals surface area contributed by atoms with Gasteiger partial charge in [0.2, 0.25) is 0 Å². The molecule has 2 rings (SSSR count). The molecule has 21 heavy (non-hydrogen) atoms. The Morgan fingerprint density at radius 2 is 2.05 bits per heavy atom. The van der Waals surface area contributed by atoms with E-state index in [1.807, 2.05) is 6.07 Å². The second-order valence-corrected chi connectivity index (χ2v) is 4.23. The molecule has 1 aromatic heterocycles. The van der Waals surface area contributed by atoms with E-state index in [4.69, 9.17) is 10.4 Å². The van der Waals surface area contributed by atoms with Crippen LogP contribution < -0.4 is 4.90 Å². The summed E-state index contributed by atoms with van der Waals surface area (Å²) in [4.78, 5) is 28.6. The van der Waals surface area contributed by atoms with Crippen LogP contribution >= 0.6 is 0 Å². The Labute approximate surface area is 120 Å². The van der Waals surface area contributed by atoms with Crippen molar-refractivity contribution in [3.05, 3.63) is 59.4 Å². The number of carbonyl (C=O) groups excluding carboxylic acids is 1. The Morgan fingerprint density at radius 1 is 1.29 bits per heavy atom. The molecule has 0 aliphatic heterocycles. The van der Waals surface area contributed by atoms with Crippen molar-refractivity contribution in [2.75, 3.05) is 11.9 Å². The van der Waals surface area contributed by atoms with Crippen LogP contribution in [0.5, 0.6) is 0 Å². The van der Waals surface area contributed by atoms with Gasteiger partial charge in [-0.2, -0.15) is 5.26 Å². The molecule has 0 aliphatic carbocycles. The molecule has 0 radical (unpaired) electrons. The predicted molar refractivity (Wildman–Crippen MR) is 75.1 cm³/mol. The number of nitrogens with zero attached hydrogens (tertiary/aromatic N) is 3. The third kappa shape index (κ3) is 2.87. The number of carbonyl (C=O) groups is 2. The van der Waals surface area contributed by atoms with E-state index in [9.17, 15) is 9.59 Å². The first-order valence-electron chi connectivity index (χ1n) is 6.01. The molecule has 0 spiro atoms. The van der Waals surface area contributed by atoms with Crippen molar-refractivity contribution in [1.82, 2.24) is 4.98 Å². The fourth-order valence-corrected chi connectivity index (χ4v) is 1.81. The molecular weight excluding hydrogens is 270 g/mol. The van der Waals surface area contributed by atoms with Gasteiger partial charge in [-0.3, -0.25) is 9.78 Å². The summed E-state index contributed by atoms with van der Waals surface area (Å²) in [6.45, 7) is 0. The zero-order valence-electron chi connectivity index (χ0n) is 11.1. The summed E-state index contributed by atoms with van der Waals surface area (Å²) in [6, 6.07) is 11.2. The number of amides is 1. The van der Waals surface area contributed by atoms with Crippen LogP contribution in [0, 0.1) is 11.3 Å². The number of rotatable bonds is 3. The Balaban J connectivity index is 2.40. The Hall–Kier alpha value is -3.20. The SMILES string of the molecule is CN(C(=O)c1ncccc1C(=O)O)c1cccc(C#N)c1. The van der Waals surface area contributed by atoms with Crippen LogP contribution in [0.25, 0.3) is 0 Å². The highest BCUT2D eigenvalue weighted by atomic mass is 16.4. The normalized spacial score (nSPS) is 9.71. The van der Waals surface area contributed by atoms with Crippen LogP contribution in [0.3, 0.4) is 0 Å². The number of aromatic carboxylic acids is 1. The average Bonchev–Trinajstić information content (AvgIpc) is 2.53. The lowest BCUT2D eigenvalue weighted by molar-refractivity contribution is 0.0691. The summed E-state index contributed by atoms with van der Waals surface area (Å²) in [6.07, 6.45) is 1.36. The highest BCUT2D eigenvalue weighted by Crippen LogP contribution is 2.18. The van der Waals surface area contributed by atoms with Crippen LogP contribution in [0.1, 0.15) is 26.4 Å². The lowest BCUT2D eigenvalue weighted by Crippen LogP contribution is -2.29. The molecule has 6 nitrogen and oxygen atoms in total. The number of hydrogen-bond acceptors (Lipinski definition) is 4. The number of pyridine rings is 1. The number of aromatic nitrogens is 1. The number of carboxylic acids is 1. The van der Waals surface area contributed by atoms with Crippen molar-refractivity contribution in [3.63, 3.8) is 0 Å². The molecule has 1 N–H and O–H groups in total. The molecule has 104 valence electrons. The molecule has 0 fully saturated rings. The second kappa shape index (κ2) is 5.84. The van der Waals surface area contributed by atoms with Crippen molar-refractivity contribution in [2.45, 2.75) is 0 Å². The zero-order chi connectivity index (χ0) is 15.4. The Bertz CT molecular complexity index is 750. The molecule has 0 unspecified atom stereocenters. The number of benzene rings is 1. The predicted octanol–water partition coefficient (Wildman–Crippen LogP) is 1.93. The third-order valence-corrected chi connectivity index (χ3v) is 2.91.